The summed E-state index contributed by atoms with van der Waals surface area (Å²) in [6.45, 7) is 6.02. The molecule has 16 heteroatoms. The van der Waals surface area contributed by atoms with Crippen LogP contribution >= 0.6 is 0 Å². The first kappa shape index (κ1) is 55.8. The van der Waals surface area contributed by atoms with E-state index in [0.29, 0.717) is 6.54 Å². The summed E-state index contributed by atoms with van der Waals surface area (Å²) in [7, 11) is 1.76. The number of likely N-dealkylation sites (N-methyl/N-ethyl adjacent to an activating group) is 1. The zero-order valence-electron chi connectivity index (χ0n) is 36.8. The molecule has 6 N–H and O–H groups in total. The fraction of sp³-hybridized carbons (Fsp3) is 0.860. The Balaban J connectivity index is 3.66. The fourth-order valence-corrected chi connectivity index (χ4v) is 6.19. The first-order valence-corrected chi connectivity index (χ1v) is 22.4. The topological polar surface area (TPSA) is 220 Å². The van der Waals surface area contributed by atoms with Crippen LogP contribution in [-0.4, -0.2) is 132 Å². The number of hydrogen-bond acceptors (Lipinski definition) is 11. The maximum atomic E-state index is 12.3. The average Bonchev–Trinajstić information content (AvgIpc) is 3.20. The van der Waals surface area contributed by atoms with Crippen molar-refractivity contribution in [2.45, 2.75) is 161 Å². The maximum Gasteiger partial charge on any atom is 0.326 e. The number of carbonyl (C=O) groups is 6. The minimum Gasteiger partial charge on any atom is -0.480 e. The second-order valence-corrected chi connectivity index (χ2v) is 15.0. The highest BCUT2D eigenvalue weighted by Crippen LogP contribution is 2.14. The van der Waals surface area contributed by atoms with E-state index in [1.54, 1.807) is 14.0 Å². The minimum atomic E-state index is -1.16. The fourth-order valence-electron chi connectivity index (χ4n) is 6.19. The number of ether oxygens (including phenoxy) is 4. The predicted octanol–water partition coefficient (Wildman–Crippen LogP) is 4.36. The Morgan fingerprint density at radius 3 is 1.41 bits per heavy atom. The summed E-state index contributed by atoms with van der Waals surface area (Å²) in [6.07, 6.45) is 21.1. The van der Waals surface area contributed by atoms with Crippen LogP contribution in [0.15, 0.2) is 0 Å². The van der Waals surface area contributed by atoms with Crippen molar-refractivity contribution >= 4 is 35.4 Å². The molecule has 0 fully saturated rings. The van der Waals surface area contributed by atoms with Crippen LogP contribution < -0.4 is 26.6 Å². The lowest BCUT2D eigenvalue weighted by Gasteiger charge is -2.14. The third kappa shape index (κ3) is 38.8. The lowest BCUT2D eigenvalue weighted by Crippen LogP contribution is -2.41. The Bertz CT molecular complexity index is 1100. The van der Waals surface area contributed by atoms with E-state index in [1.165, 1.54) is 70.6 Å². The number of Topliss-reactive ketones (excluding diaryl/α,β-unsaturated/α-hetero) is 1. The van der Waals surface area contributed by atoms with E-state index in [0.717, 1.165) is 44.9 Å². The van der Waals surface area contributed by atoms with Crippen molar-refractivity contribution < 1.29 is 52.8 Å². The summed E-state index contributed by atoms with van der Waals surface area (Å²) in [5.74, 6) is -2.22. The summed E-state index contributed by atoms with van der Waals surface area (Å²) in [5, 5.41) is 23.2. The first-order valence-electron chi connectivity index (χ1n) is 22.4. The molecular formula is C43H81N5O11. The Kier molecular flexibility index (Phi) is 39.3. The largest absolute Gasteiger partial charge is 0.480 e. The number of rotatable bonds is 44. The number of carboxylic acid groups (broad SMARTS) is 1. The van der Waals surface area contributed by atoms with Crippen LogP contribution in [0.3, 0.4) is 0 Å². The molecule has 0 aliphatic carbocycles. The monoisotopic (exact) mass is 844 g/mol. The molecule has 2 atom stereocenters. The molecule has 0 saturated heterocycles. The van der Waals surface area contributed by atoms with E-state index in [4.69, 9.17) is 18.9 Å². The third-order valence-electron chi connectivity index (χ3n) is 9.73. The molecule has 0 bridgehead atoms. The van der Waals surface area contributed by atoms with Crippen molar-refractivity contribution in [3.63, 3.8) is 0 Å². The van der Waals surface area contributed by atoms with Gasteiger partial charge in [-0.2, -0.15) is 0 Å². The lowest BCUT2D eigenvalue weighted by atomic mass is 10.0. The second-order valence-electron chi connectivity index (χ2n) is 15.0. The van der Waals surface area contributed by atoms with Gasteiger partial charge in [-0.1, -0.05) is 96.8 Å². The van der Waals surface area contributed by atoms with E-state index in [1.807, 2.05) is 0 Å². The van der Waals surface area contributed by atoms with Gasteiger partial charge in [0, 0.05) is 32.5 Å². The molecule has 0 rings (SSSR count). The standard InChI is InChI=1S/C43H81N5O11/c1-4-5-6-7-8-9-10-11-12-13-14-15-16-17-18-22-40(51)48-38(43(54)55)23-24-39(50)46-26-28-56-30-33-59-35-42(53)47-27-29-57-31-32-58-34-41(52)45-25-20-19-21-37(44-3)36(2)49/h37-38,44H,4-35H2,1-3H3,(H,45,52)(H,46,50)(H,47,53)(H,48,51)(H,54,55). The normalized spacial score (nSPS) is 12.1. The molecule has 0 saturated carbocycles. The van der Waals surface area contributed by atoms with Gasteiger partial charge in [-0.05, 0) is 46.1 Å². The SMILES string of the molecule is CCCCCCCCCCCCCCCCCC(=O)NC(CCC(=O)NCCOCCOCC(=O)NCCOCCOCC(=O)NCCCCC(NC)C(C)=O)C(=O)O. The van der Waals surface area contributed by atoms with Crippen molar-refractivity contribution in [3.8, 4) is 0 Å². The van der Waals surface area contributed by atoms with Crippen LogP contribution in [0, 0.1) is 0 Å². The Morgan fingerprint density at radius 2 is 0.932 bits per heavy atom. The molecule has 59 heavy (non-hydrogen) atoms. The van der Waals surface area contributed by atoms with E-state index < -0.39 is 12.0 Å². The van der Waals surface area contributed by atoms with E-state index >= 15 is 0 Å². The molecular weight excluding hydrogens is 762 g/mol. The van der Waals surface area contributed by atoms with Crippen LogP contribution in [0.4, 0.5) is 0 Å². The highest BCUT2D eigenvalue weighted by Gasteiger charge is 2.21. The molecule has 0 aliphatic heterocycles. The molecule has 0 aromatic rings. The van der Waals surface area contributed by atoms with Gasteiger partial charge < -0.3 is 50.6 Å². The number of carbonyl (C=O) groups excluding carboxylic acids is 5. The molecule has 4 amide bonds. The van der Waals surface area contributed by atoms with Crippen molar-refractivity contribution in [2.75, 3.05) is 79.5 Å². The Morgan fingerprint density at radius 1 is 0.475 bits per heavy atom. The third-order valence-corrected chi connectivity index (χ3v) is 9.73. The summed E-state index contributed by atoms with van der Waals surface area (Å²) < 4.78 is 21.4. The van der Waals surface area contributed by atoms with Gasteiger partial charge in [0.25, 0.3) is 0 Å². The molecule has 2 unspecified atom stereocenters. The van der Waals surface area contributed by atoms with Crippen LogP contribution in [0.1, 0.15) is 149 Å². The molecule has 0 aliphatic rings. The quantitative estimate of drug-likeness (QED) is 0.0472. The van der Waals surface area contributed by atoms with Gasteiger partial charge in [0.05, 0.1) is 45.7 Å². The number of unbranched alkanes of at least 4 members (excludes halogenated alkanes) is 15. The summed E-state index contributed by atoms with van der Waals surface area (Å²) in [4.78, 5) is 71.3. The van der Waals surface area contributed by atoms with Crippen molar-refractivity contribution in [1.82, 2.24) is 26.6 Å². The van der Waals surface area contributed by atoms with Gasteiger partial charge in [0.1, 0.15) is 25.0 Å². The van der Waals surface area contributed by atoms with Gasteiger partial charge in [-0.15, -0.1) is 0 Å². The van der Waals surface area contributed by atoms with Crippen LogP contribution in [0.5, 0.6) is 0 Å². The van der Waals surface area contributed by atoms with E-state index in [9.17, 15) is 33.9 Å². The summed E-state index contributed by atoms with van der Waals surface area (Å²) in [6, 6.07) is -1.26. The maximum absolute atomic E-state index is 12.3. The van der Waals surface area contributed by atoms with Crippen molar-refractivity contribution in [1.29, 1.82) is 0 Å². The molecule has 0 aromatic heterocycles. The van der Waals surface area contributed by atoms with Crippen LogP contribution in [0.2, 0.25) is 0 Å². The molecule has 0 aromatic carbocycles. The first-order chi connectivity index (χ1) is 28.6. The number of carboxylic acids is 1. The zero-order chi connectivity index (χ0) is 43.6. The molecule has 0 radical (unpaired) electrons. The van der Waals surface area contributed by atoms with Crippen molar-refractivity contribution in [2.24, 2.45) is 0 Å². The molecule has 16 nitrogen and oxygen atoms in total. The lowest BCUT2D eigenvalue weighted by molar-refractivity contribution is -0.142. The van der Waals surface area contributed by atoms with Gasteiger partial charge >= 0.3 is 5.97 Å². The van der Waals surface area contributed by atoms with E-state index in [2.05, 4.69) is 33.5 Å². The zero-order valence-corrected chi connectivity index (χ0v) is 36.8. The van der Waals surface area contributed by atoms with Gasteiger partial charge in [-0.25, -0.2) is 4.79 Å². The molecule has 344 valence electrons. The van der Waals surface area contributed by atoms with Crippen molar-refractivity contribution in [3.05, 3.63) is 0 Å². The van der Waals surface area contributed by atoms with Gasteiger partial charge in [-0.3, -0.25) is 24.0 Å². The highest BCUT2D eigenvalue weighted by molar-refractivity contribution is 5.84. The van der Waals surface area contributed by atoms with Crippen LogP contribution in [0.25, 0.3) is 0 Å². The van der Waals surface area contributed by atoms with E-state index in [-0.39, 0.29) is 121 Å². The molecule has 0 heterocycles. The number of nitrogens with one attached hydrogen (secondary N) is 5. The van der Waals surface area contributed by atoms with Crippen LogP contribution in [-0.2, 0) is 47.7 Å². The number of amides is 4. The number of ketones is 1. The average molecular weight is 844 g/mol. The minimum absolute atomic E-state index is 0.00587. The summed E-state index contributed by atoms with van der Waals surface area (Å²) in [5.41, 5.74) is 0. The Labute approximate surface area is 354 Å². The smallest absolute Gasteiger partial charge is 0.326 e. The van der Waals surface area contributed by atoms with Gasteiger partial charge in [0.2, 0.25) is 23.6 Å². The number of aliphatic carboxylic acids is 1. The van der Waals surface area contributed by atoms with Gasteiger partial charge in [0.15, 0.2) is 0 Å². The highest BCUT2D eigenvalue weighted by atomic mass is 16.5. The Hall–Kier alpha value is -3.18. The number of hydrogen-bond donors (Lipinski definition) is 6. The summed E-state index contributed by atoms with van der Waals surface area (Å²) >= 11 is 0. The predicted molar refractivity (Wildman–Crippen MR) is 228 cm³/mol. The molecule has 0 spiro atoms. The second kappa shape index (κ2) is 41.5.